The van der Waals surface area contributed by atoms with Crippen molar-refractivity contribution >= 4 is 11.4 Å². The predicted octanol–water partition coefficient (Wildman–Crippen LogP) is 3.18. The van der Waals surface area contributed by atoms with Crippen molar-refractivity contribution in [3.8, 4) is 5.75 Å². The Labute approximate surface area is 139 Å². The highest BCUT2D eigenvalue weighted by Crippen LogP contribution is 2.13. The molecule has 0 atom stereocenters. The number of rotatable bonds is 9. The van der Waals surface area contributed by atoms with Crippen LogP contribution in [0.5, 0.6) is 5.75 Å². The minimum Gasteiger partial charge on any atom is -0.494 e. The second-order valence-electron chi connectivity index (χ2n) is 5.92. The fourth-order valence-corrected chi connectivity index (χ4v) is 2.35. The van der Waals surface area contributed by atoms with Crippen LogP contribution in [0.15, 0.2) is 48.5 Å². The Morgan fingerprint density at radius 2 is 1.43 bits per heavy atom. The molecule has 0 amide bonds. The Morgan fingerprint density at radius 1 is 0.826 bits per heavy atom. The van der Waals surface area contributed by atoms with Gasteiger partial charge in [0.25, 0.3) is 0 Å². The van der Waals surface area contributed by atoms with Crippen molar-refractivity contribution in [1.29, 1.82) is 0 Å². The molecule has 0 aliphatic rings. The number of benzene rings is 2. The highest BCUT2D eigenvalue weighted by molar-refractivity contribution is 5.41. The number of hydrogen-bond donors (Lipinski definition) is 2. The Hall–Kier alpha value is -2.20. The maximum Gasteiger partial charge on any atom is 0.119 e. The molecule has 2 rings (SSSR count). The summed E-state index contributed by atoms with van der Waals surface area (Å²) >= 11 is 0. The van der Waals surface area contributed by atoms with E-state index in [1.807, 2.05) is 36.4 Å². The van der Waals surface area contributed by atoms with Gasteiger partial charge in [-0.05, 0) is 74.8 Å². The monoisotopic (exact) mass is 313 g/mol. The van der Waals surface area contributed by atoms with Gasteiger partial charge in [-0.3, -0.25) is 0 Å². The van der Waals surface area contributed by atoms with Crippen LogP contribution >= 0.6 is 0 Å². The maximum absolute atomic E-state index is 5.70. The van der Waals surface area contributed by atoms with E-state index in [9.17, 15) is 0 Å². The van der Waals surface area contributed by atoms with E-state index in [0.29, 0.717) is 0 Å². The summed E-state index contributed by atoms with van der Waals surface area (Å²) < 4.78 is 5.70. The molecule has 0 unspecified atom stereocenters. The van der Waals surface area contributed by atoms with Gasteiger partial charge in [-0.25, -0.2) is 0 Å². The normalized spacial score (nSPS) is 10.9. The van der Waals surface area contributed by atoms with E-state index in [4.69, 9.17) is 16.2 Å². The molecule has 0 saturated carbocycles. The summed E-state index contributed by atoms with van der Waals surface area (Å²) in [7, 11) is 2.16. The molecule has 0 bridgehead atoms. The summed E-state index contributed by atoms with van der Waals surface area (Å²) in [6, 6.07) is 15.7. The average molecular weight is 313 g/mol. The van der Waals surface area contributed by atoms with Crippen LogP contribution in [0.2, 0.25) is 0 Å². The van der Waals surface area contributed by atoms with E-state index < -0.39 is 0 Å². The van der Waals surface area contributed by atoms with Crippen molar-refractivity contribution < 1.29 is 4.74 Å². The standard InChI is InChI=1S/C19H27N3O/c1-22(14-12-16-4-6-17(20)7-5-16)13-2-3-15-23-19-10-8-18(21)9-11-19/h4-11H,2-3,12-15,20-21H2,1H3. The molecule has 4 heteroatoms. The Balaban J connectivity index is 1.55. The van der Waals surface area contributed by atoms with E-state index in [-0.39, 0.29) is 0 Å². The van der Waals surface area contributed by atoms with Crippen molar-refractivity contribution in [1.82, 2.24) is 4.90 Å². The van der Waals surface area contributed by atoms with Crippen molar-refractivity contribution in [2.24, 2.45) is 0 Å². The van der Waals surface area contributed by atoms with Gasteiger partial charge < -0.3 is 21.1 Å². The number of nitrogens with two attached hydrogens (primary N) is 2. The Kier molecular flexibility index (Phi) is 6.76. The van der Waals surface area contributed by atoms with E-state index in [2.05, 4.69) is 24.1 Å². The molecule has 2 aromatic carbocycles. The number of unbranched alkanes of at least 4 members (excludes halogenated alkanes) is 1. The highest BCUT2D eigenvalue weighted by Gasteiger charge is 2.00. The van der Waals surface area contributed by atoms with Crippen molar-refractivity contribution in [3.63, 3.8) is 0 Å². The first kappa shape index (κ1) is 17.2. The third-order valence-electron chi connectivity index (χ3n) is 3.84. The SMILES string of the molecule is CN(CCCCOc1ccc(N)cc1)CCc1ccc(N)cc1. The summed E-state index contributed by atoms with van der Waals surface area (Å²) in [5.41, 5.74) is 14.3. The van der Waals surface area contributed by atoms with Crippen LogP contribution in [0.3, 0.4) is 0 Å². The van der Waals surface area contributed by atoms with Gasteiger partial charge in [0, 0.05) is 17.9 Å². The molecule has 124 valence electrons. The van der Waals surface area contributed by atoms with Crippen molar-refractivity contribution in [3.05, 3.63) is 54.1 Å². The average Bonchev–Trinajstić information content (AvgIpc) is 2.56. The molecule has 0 heterocycles. The zero-order valence-corrected chi connectivity index (χ0v) is 13.9. The lowest BCUT2D eigenvalue weighted by molar-refractivity contribution is 0.280. The maximum atomic E-state index is 5.70. The zero-order chi connectivity index (χ0) is 16.5. The summed E-state index contributed by atoms with van der Waals surface area (Å²) in [5, 5.41) is 0. The number of nitrogen functional groups attached to an aromatic ring is 2. The fourth-order valence-electron chi connectivity index (χ4n) is 2.35. The van der Waals surface area contributed by atoms with Crippen LogP contribution in [0.1, 0.15) is 18.4 Å². The van der Waals surface area contributed by atoms with E-state index >= 15 is 0 Å². The van der Waals surface area contributed by atoms with Gasteiger partial charge in [0.1, 0.15) is 5.75 Å². The molecule has 4 nitrogen and oxygen atoms in total. The number of hydrogen-bond acceptors (Lipinski definition) is 4. The molecule has 0 radical (unpaired) electrons. The first-order valence-corrected chi connectivity index (χ1v) is 8.15. The largest absolute Gasteiger partial charge is 0.494 e. The zero-order valence-electron chi connectivity index (χ0n) is 13.9. The first-order valence-electron chi connectivity index (χ1n) is 8.15. The van der Waals surface area contributed by atoms with Crippen molar-refractivity contribution in [2.75, 3.05) is 38.2 Å². The lowest BCUT2D eigenvalue weighted by atomic mass is 10.1. The van der Waals surface area contributed by atoms with E-state index in [0.717, 1.165) is 56.1 Å². The summed E-state index contributed by atoms with van der Waals surface area (Å²) in [5.74, 6) is 0.885. The van der Waals surface area contributed by atoms with Crippen LogP contribution < -0.4 is 16.2 Å². The second kappa shape index (κ2) is 9.06. The molecule has 0 fully saturated rings. The second-order valence-corrected chi connectivity index (χ2v) is 5.92. The molecule has 23 heavy (non-hydrogen) atoms. The van der Waals surface area contributed by atoms with Crippen LogP contribution in [-0.2, 0) is 6.42 Å². The molecule has 0 spiro atoms. The molecule has 0 saturated heterocycles. The van der Waals surface area contributed by atoms with Gasteiger partial charge in [-0.15, -0.1) is 0 Å². The molecular weight excluding hydrogens is 286 g/mol. The van der Waals surface area contributed by atoms with Gasteiger partial charge in [-0.2, -0.15) is 0 Å². The van der Waals surface area contributed by atoms with E-state index in [1.54, 1.807) is 0 Å². The minimum atomic E-state index is 0.746. The fraction of sp³-hybridized carbons (Fsp3) is 0.368. The van der Waals surface area contributed by atoms with Gasteiger partial charge in [0.2, 0.25) is 0 Å². The minimum absolute atomic E-state index is 0.746. The lowest BCUT2D eigenvalue weighted by Crippen LogP contribution is -2.22. The topological polar surface area (TPSA) is 64.5 Å². The predicted molar refractivity (Wildman–Crippen MR) is 97.6 cm³/mol. The smallest absolute Gasteiger partial charge is 0.119 e. The highest BCUT2D eigenvalue weighted by atomic mass is 16.5. The Morgan fingerprint density at radius 3 is 2.09 bits per heavy atom. The molecular formula is C19H27N3O. The van der Waals surface area contributed by atoms with Crippen LogP contribution in [0.25, 0.3) is 0 Å². The molecule has 4 N–H and O–H groups in total. The third-order valence-corrected chi connectivity index (χ3v) is 3.84. The van der Waals surface area contributed by atoms with Crippen LogP contribution in [-0.4, -0.2) is 31.6 Å². The van der Waals surface area contributed by atoms with Crippen LogP contribution in [0, 0.1) is 0 Å². The number of anilines is 2. The van der Waals surface area contributed by atoms with Crippen molar-refractivity contribution in [2.45, 2.75) is 19.3 Å². The van der Waals surface area contributed by atoms with Gasteiger partial charge in [-0.1, -0.05) is 12.1 Å². The molecule has 0 aliphatic carbocycles. The molecule has 0 aromatic heterocycles. The number of ether oxygens (including phenoxy) is 1. The quantitative estimate of drug-likeness (QED) is 0.551. The van der Waals surface area contributed by atoms with Gasteiger partial charge >= 0.3 is 0 Å². The summed E-state index contributed by atoms with van der Waals surface area (Å²) in [6.07, 6.45) is 3.24. The Bertz CT molecular complexity index is 566. The van der Waals surface area contributed by atoms with Gasteiger partial charge in [0.15, 0.2) is 0 Å². The summed E-state index contributed by atoms with van der Waals surface area (Å²) in [4.78, 5) is 2.36. The number of nitrogens with zero attached hydrogens (tertiary/aromatic N) is 1. The third kappa shape index (κ3) is 6.61. The van der Waals surface area contributed by atoms with E-state index in [1.165, 1.54) is 5.56 Å². The van der Waals surface area contributed by atoms with Gasteiger partial charge in [0.05, 0.1) is 6.61 Å². The lowest BCUT2D eigenvalue weighted by Gasteiger charge is -2.16. The number of likely N-dealkylation sites (N-methyl/N-ethyl adjacent to an activating group) is 1. The molecule has 0 aliphatic heterocycles. The molecule has 2 aromatic rings. The first-order chi connectivity index (χ1) is 11.1. The van der Waals surface area contributed by atoms with Crippen LogP contribution in [0.4, 0.5) is 11.4 Å². The summed E-state index contributed by atoms with van der Waals surface area (Å²) in [6.45, 7) is 2.89.